The Bertz CT molecular complexity index is 398. The summed E-state index contributed by atoms with van der Waals surface area (Å²) in [6, 6.07) is 9.75. The Morgan fingerprint density at radius 2 is 2.06 bits per heavy atom. The molecular weight excluding hydrogens is 224 g/mol. The molecule has 3 N–H and O–H groups in total. The maximum absolute atomic E-state index is 11.8. The second-order valence-electron chi connectivity index (χ2n) is 5.66. The molecule has 18 heavy (non-hydrogen) atoms. The average Bonchev–Trinajstić information content (AvgIpc) is 3.13. The number of hydrogen-bond donors (Lipinski definition) is 2. The Kier molecular flexibility index (Phi) is 4.02. The van der Waals surface area contributed by atoms with Crippen LogP contribution in [0.15, 0.2) is 30.3 Å². The van der Waals surface area contributed by atoms with Gasteiger partial charge in [-0.1, -0.05) is 37.3 Å². The number of carbonyl (C=O) groups excluding carboxylic acids is 1. The van der Waals surface area contributed by atoms with Gasteiger partial charge in [-0.15, -0.1) is 0 Å². The summed E-state index contributed by atoms with van der Waals surface area (Å²) in [5, 5.41) is 2.96. The van der Waals surface area contributed by atoms with E-state index in [1.807, 2.05) is 18.2 Å². The highest BCUT2D eigenvalue weighted by molar-refractivity contribution is 5.81. The summed E-state index contributed by atoms with van der Waals surface area (Å²) in [5.74, 6) is -0.0148. The SMILES string of the molecule is CC1(CNC(=O)[C@@H](N)CCc2ccccc2)CC1. The van der Waals surface area contributed by atoms with Gasteiger partial charge in [0, 0.05) is 6.54 Å². The van der Waals surface area contributed by atoms with Gasteiger partial charge in [-0.25, -0.2) is 0 Å². The van der Waals surface area contributed by atoms with Crippen LogP contribution in [0.25, 0.3) is 0 Å². The first-order valence-electron chi connectivity index (χ1n) is 6.66. The molecule has 1 aliphatic carbocycles. The van der Waals surface area contributed by atoms with Crippen molar-refractivity contribution in [2.75, 3.05) is 6.54 Å². The predicted molar refractivity (Wildman–Crippen MR) is 73.1 cm³/mol. The first-order chi connectivity index (χ1) is 8.59. The molecule has 1 fully saturated rings. The Morgan fingerprint density at radius 1 is 1.39 bits per heavy atom. The first kappa shape index (κ1) is 13.1. The van der Waals surface area contributed by atoms with E-state index in [0.29, 0.717) is 11.8 Å². The van der Waals surface area contributed by atoms with E-state index in [1.165, 1.54) is 18.4 Å². The summed E-state index contributed by atoms with van der Waals surface area (Å²) in [4.78, 5) is 11.8. The molecule has 3 heteroatoms. The molecule has 1 atom stereocenters. The third-order valence-corrected chi connectivity index (χ3v) is 3.72. The van der Waals surface area contributed by atoms with Crippen molar-refractivity contribution in [3.8, 4) is 0 Å². The Labute approximate surface area is 109 Å². The van der Waals surface area contributed by atoms with Gasteiger partial charge < -0.3 is 11.1 Å². The molecule has 0 spiro atoms. The quantitative estimate of drug-likeness (QED) is 0.805. The summed E-state index contributed by atoms with van der Waals surface area (Å²) in [6.45, 7) is 2.97. The highest BCUT2D eigenvalue weighted by atomic mass is 16.2. The lowest BCUT2D eigenvalue weighted by Crippen LogP contribution is -2.42. The van der Waals surface area contributed by atoms with E-state index in [1.54, 1.807) is 0 Å². The molecule has 0 aliphatic heterocycles. The van der Waals surface area contributed by atoms with Crippen molar-refractivity contribution >= 4 is 5.91 Å². The number of rotatable bonds is 6. The molecule has 0 aromatic heterocycles. The Hall–Kier alpha value is -1.35. The monoisotopic (exact) mass is 246 g/mol. The molecule has 0 saturated heterocycles. The maximum atomic E-state index is 11.8. The molecule has 1 amide bonds. The van der Waals surface area contributed by atoms with Gasteiger partial charge in [-0.2, -0.15) is 0 Å². The van der Waals surface area contributed by atoms with Crippen molar-refractivity contribution < 1.29 is 4.79 Å². The van der Waals surface area contributed by atoms with E-state index in [9.17, 15) is 4.79 Å². The van der Waals surface area contributed by atoms with Crippen molar-refractivity contribution in [1.82, 2.24) is 5.32 Å². The third kappa shape index (κ3) is 3.84. The van der Waals surface area contributed by atoms with Crippen molar-refractivity contribution in [1.29, 1.82) is 0 Å². The molecule has 0 bridgehead atoms. The van der Waals surface area contributed by atoms with E-state index in [2.05, 4.69) is 24.4 Å². The van der Waals surface area contributed by atoms with Crippen LogP contribution in [0.5, 0.6) is 0 Å². The number of benzene rings is 1. The van der Waals surface area contributed by atoms with Gasteiger partial charge in [0.1, 0.15) is 0 Å². The average molecular weight is 246 g/mol. The number of nitrogens with two attached hydrogens (primary N) is 1. The minimum atomic E-state index is -0.396. The molecule has 1 aliphatic rings. The first-order valence-corrected chi connectivity index (χ1v) is 6.66. The van der Waals surface area contributed by atoms with Crippen LogP contribution in [-0.4, -0.2) is 18.5 Å². The molecule has 0 unspecified atom stereocenters. The van der Waals surface area contributed by atoms with Gasteiger partial charge in [-0.05, 0) is 36.7 Å². The fourth-order valence-electron chi connectivity index (χ4n) is 1.92. The van der Waals surface area contributed by atoms with Gasteiger partial charge in [-0.3, -0.25) is 4.79 Å². The number of amides is 1. The van der Waals surface area contributed by atoms with Gasteiger partial charge >= 0.3 is 0 Å². The van der Waals surface area contributed by atoms with Gasteiger partial charge in [0.05, 0.1) is 6.04 Å². The molecular formula is C15H22N2O. The lowest BCUT2D eigenvalue weighted by Gasteiger charge is -2.14. The van der Waals surface area contributed by atoms with E-state index >= 15 is 0 Å². The Morgan fingerprint density at radius 3 is 2.67 bits per heavy atom. The number of carbonyl (C=O) groups is 1. The van der Waals surface area contributed by atoms with Crippen LogP contribution in [0.3, 0.4) is 0 Å². The zero-order chi connectivity index (χ0) is 13.0. The van der Waals surface area contributed by atoms with Gasteiger partial charge in [0.15, 0.2) is 0 Å². The fraction of sp³-hybridized carbons (Fsp3) is 0.533. The highest BCUT2D eigenvalue weighted by Crippen LogP contribution is 2.43. The normalized spacial score (nSPS) is 18.1. The van der Waals surface area contributed by atoms with Crippen molar-refractivity contribution in [2.24, 2.45) is 11.1 Å². The number of aryl methyl sites for hydroxylation is 1. The second kappa shape index (κ2) is 5.53. The topological polar surface area (TPSA) is 55.1 Å². The fourth-order valence-corrected chi connectivity index (χ4v) is 1.92. The maximum Gasteiger partial charge on any atom is 0.236 e. The van der Waals surface area contributed by atoms with Crippen LogP contribution in [0.1, 0.15) is 31.7 Å². The third-order valence-electron chi connectivity index (χ3n) is 3.72. The summed E-state index contributed by atoms with van der Waals surface area (Å²) >= 11 is 0. The highest BCUT2D eigenvalue weighted by Gasteiger charge is 2.37. The summed E-state index contributed by atoms with van der Waals surface area (Å²) < 4.78 is 0. The van der Waals surface area contributed by atoms with Crippen LogP contribution >= 0.6 is 0 Å². The summed E-state index contributed by atoms with van der Waals surface area (Å²) in [6.07, 6.45) is 3.98. The largest absolute Gasteiger partial charge is 0.354 e. The van der Waals surface area contributed by atoms with E-state index in [-0.39, 0.29) is 5.91 Å². The van der Waals surface area contributed by atoms with Crippen LogP contribution in [0.2, 0.25) is 0 Å². The molecule has 3 nitrogen and oxygen atoms in total. The van der Waals surface area contributed by atoms with Crippen molar-refractivity contribution in [3.05, 3.63) is 35.9 Å². The standard InChI is InChI=1S/C15H22N2O/c1-15(9-10-15)11-17-14(18)13(16)8-7-12-5-3-2-4-6-12/h2-6,13H,7-11,16H2,1H3,(H,17,18)/t13-/m0/s1. The zero-order valence-corrected chi connectivity index (χ0v) is 11.0. The van der Waals surface area contributed by atoms with Crippen LogP contribution in [0.4, 0.5) is 0 Å². The smallest absolute Gasteiger partial charge is 0.236 e. The molecule has 0 heterocycles. The Balaban J connectivity index is 1.70. The molecule has 0 radical (unpaired) electrons. The summed E-state index contributed by atoms with van der Waals surface area (Å²) in [5.41, 5.74) is 7.48. The van der Waals surface area contributed by atoms with E-state index < -0.39 is 6.04 Å². The van der Waals surface area contributed by atoms with Gasteiger partial charge in [0.25, 0.3) is 0 Å². The summed E-state index contributed by atoms with van der Waals surface area (Å²) in [7, 11) is 0. The van der Waals surface area contributed by atoms with Crippen molar-refractivity contribution in [3.63, 3.8) is 0 Å². The van der Waals surface area contributed by atoms with Crippen LogP contribution in [-0.2, 0) is 11.2 Å². The minimum absolute atomic E-state index is 0.0148. The van der Waals surface area contributed by atoms with E-state index in [0.717, 1.165) is 13.0 Å². The number of nitrogens with one attached hydrogen (secondary N) is 1. The predicted octanol–water partition coefficient (Wildman–Crippen LogP) is 1.86. The zero-order valence-electron chi connectivity index (χ0n) is 11.0. The van der Waals surface area contributed by atoms with Crippen molar-refractivity contribution in [2.45, 2.75) is 38.6 Å². The molecule has 1 aromatic carbocycles. The lowest BCUT2D eigenvalue weighted by atomic mass is 10.0. The van der Waals surface area contributed by atoms with E-state index in [4.69, 9.17) is 5.73 Å². The van der Waals surface area contributed by atoms with Gasteiger partial charge in [0.2, 0.25) is 5.91 Å². The van der Waals surface area contributed by atoms with Crippen LogP contribution < -0.4 is 11.1 Å². The lowest BCUT2D eigenvalue weighted by molar-refractivity contribution is -0.122. The molecule has 98 valence electrons. The molecule has 2 rings (SSSR count). The molecule has 1 saturated carbocycles. The number of hydrogen-bond acceptors (Lipinski definition) is 2. The van der Waals surface area contributed by atoms with Crippen LogP contribution in [0, 0.1) is 5.41 Å². The second-order valence-corrected chi connectivity index (χ2v) is 5.66. The minimum Gasteiger partial charge on any atom is -0.354 e. The molecule has 1 aromatic rings.